The maximum Gasteiger partial charge on any atom is 0.255 e. The number of carbonyl (C=O) groups excluding carboxylic acids is 1. The van der Waals surface area contributed by atoms with Gasteiger partial charge in [-0.3, -0.25) is 4.79 Å². The standard InChI is InChI=1S/C15H16N4O/c20-14(12-6-2-1-3-7-12)18-13-10-16-15(17-11-13)19-8-4-5-9-19/h1-3,6-7,10-11H,4-5,8-9H2,(H,18,20). The summed E-state index contributed by atoms with van der Waals surface area (Å²) in [6.07, 6.45) is 5.69. The first-order valence-corrected chi connectivity index (χ1v) is 6.76. The fourth-order valence-electron chi connectivity index (χ4n) is 2.26. The SMILES string of the molecule is O=C(Nc1cnc(N2CCCC2)nc1)c1ccccc1. The number of anilines is 2. The van der Waals surface area contributed by atoms with E-state index in [0.29, 0.717) is 11.3 Å². The van der Waals surface area contributed by atoms with Gasteiger partial charge in [0.2, 0.25) is 5.95 Å². The van der Waals surface area contributed by atoms with Crippen molar-refractivity contribution in [1.29, 1.82) is 0 Å². The molecule has 3 rings (SSSR count). The average molecular weight is 268 g/mol. The molecule has 1 saturated heterocycles. The van der Waals surface area contributed by atoms with Gasteiger partial charge in [-0.2, -0.15) is 0 Å². The molecule has 1 fully saturated rings. The van der Waals surface area contributed by atoms with E-state index in [4.69, 9.17) is 0 Å². The maximum absolute atomic E-state index is 12.0. The Morgan fingerprint density at radius 2 is 1.70 bits per heavy atom. The Labute approximate surface area is 117 Å². The van der Waals surface area contributed by atoms with Gasteiger partial charge in [0, 0.05) is 18.7 Å². The Kier molecular flexibility index (Phi) is 3.58. The van der Waals surface area contributed by atoms with E-state index in [1.165, 1.54) is 12.8 Å². The van der Waals surface area contributed by atoms with Gasteiger partial charge < -0.3 is 10.2 Å². The van der Waals surface area contributed by atoms with Gasteiger partial charge in [-0.25, -0.2) is 9.97 Å². The molecule has 1 aliphatic rings. The summed E-state index contributed by atoms with van der Waals surface area (Å²) in [5.41, 5.74) is 1.23. The Hall–Kier alpha value is -2.43. The largest absolute Gasteiger partial charge is 0.341 e. The lowest BCUT2D eigenvalue weighted by molar-refractivity contribution is 0.102. The molecule has 2 heterocycles. The molecule has 2 aromatic rings. The number of amides is 1. The van der Waals surface area contributed by atoms with Crippen LogP contribution in [-0.2, 0) is 0 Å². The molecule has 20 heavy (non-hydrogen) atoms. The zero-order chi connectivity index (χ0) is 13.8. The molecule has 0 spiro atoms. The van der Waals surface area contributed by atoms with Crippen molar-refractivity contribution in [2.75, 3.05) is 23.3 Å². The highest BCUT2D eigenvalue weighted by molar-refractivity contribution is 6.04. The molecule has 102 valence electrons. The number of carbonyl (C=O) groups is 1. The first-order chi connectivity index (χ1) is 9.83. The first kappa shape index (κ1) is 12.6. The summed E-state index contributed by atoms with van der Waals surface area (Å²) in [7, 11) is 0. The van der Waals surface area contributed by atoms with E-state index in [-0.39, 0.29) is 5.91 Å². The molecule has 0 atom stereocenters. The highest BCUT2D eigenvalue weighted by Crippen LogP contribution is 2.16. The van der Waals surface area contributed by atoms with Crippen LogP contribution in [0.3, 0.4) is 0 Å². The molecule has 5 heteroatoms. The number of aromatic nitrogens is 2. The van der Waals surface area contributed by atoms with Crippen molar-refractivity contribution in [2.24, 2.45) is 0 Å². The minimum Gasteiger partial charge on any atom is -0.341 e. The zero-order valence-corrected chi connectivity index (χ0v) is 11.1. The predicted octanol–water partition coefficient (Wildman–Crippen LogP) is 2.33. The molecule has 0 saturated carbocycles. The predicted molar refractivity (Wildman–Crippen MR) is 77.9 cm³/mol. The maximum atomic E-state index is 12.0. The van der Waals surface area contributed by atoms with E-state index in [2.05, 4.69) is 20.2 Å². The number of benzene rings is 1. The van der Waals surface area contributed by atoms with Crippen molar-refractivity contribution in [1.82, 2.24) is 9.97 Å². The van der Waals surface area contributed by atoms with Crippen LogP contribution < -0.4 is 10.2 Å². The number of hydrogen-bond acceptors (Lipinski definition) is 4. The molecule has 0 unspecified atom stereocenters. The van der Waals surface area contributed by atoms with E-state index in [1.807, 2.05) is 18.2 Å². The summed E-state index contributed by atoms with van der Waals surface area (Å²) < 4.78 is 0. The van der Waals surface area contributed by atoms with E-state index in [1.54, 1.807) is 24.5 Å². The smallest absolute Gasteiger partial charge is 0.255 e. The second-order valence-corrected chi connectivity index (χ2v) is 4.79. The summed E-state index contributed by atoms with van der Waals surface area (Å²) in [6, 6.07) is 9.10. The van der Waals surface area contributed by atoms with Gasteiger partial charge in [0.25, 0.3) is 5.91 Å². The molecule has 0 bridgehead atoms. The zero-order valence-electron chi connectivity index (χ0n) is 11.1. The third kappa shape index (κ3) is 2.77. The van der Waals surface area contributed by atoms with E-state index in [0.717, 1.165) is 19.0 Å². The van der Waals surface area contributed by atoms with Crippen LogP contribution in [0, 0.1) is 0 Å². The van der Waals surface area contributed by atoms with Crippen LogP contribution in [0.15, 0.2) is 42.7 Å². The number of nitrogens with one attached hydrogen (secondary N) is 1. The highest BCUT2D eigenvalue weighted by Gasteiger charge is 2.14. The average Bonchev–Trinajstić information content (AvgIpc) is 3.03. The highest BCUT2D eigenvalue weighted by atomic mass is 16.1. The fourth-order valence-corrected chi connectivity index (χ4v) is 2.26. The monoisotopic (exact) mass is 268 g/mol. The minimum absolute atomic E-state index is 0.150. The Morgan fingerprint density at radius 1 is 1.05 bits per heavy atom. The normalized spacial score (nSPS) is 14.3. The van der Waals surface area contributed by atoms with Crippen LogP contribution in [0.2, 0.25) is 0 Å². The van der Waals surface area contributed by atoms with Crippen molar-refractivity contribution in [3.8, 4) is 0 Å². The summed E-state index contributed by atoms with van der Waals surface area (Å²) in [5.74, 6) is 0.586. The lowest BCUT2D eigenvalue weighted by Gasteiger charge is -2.14. The summed E-state index contributed by atoms with van der Waals surface area (Å²) in [6.45, 7) is 2.02. The Bertz CT molecular complexity index is 577. The van der Waals surface area contributed by atoms with Crippen LogP contribution in [-0.4, -0.2) is 29.0 Å². The molecule has 1 N–H and O–H groups in total. The van der Waals surface area contributed by atoms with Gasteiger partial charge in [-0.15, -0.1) is 0 Å². The van der Waals surface area contributed by atoms with Crippen molar-refractivity contribution >= 4 is 17.5 Å². The molecule has 1 aromatic carbocycles. The quantitative estimate of drug-likeness (QED) is 0.928. The Balaban J connectivity index is 1.67. The van der Waals surface area contributed by atoms with Gasteiger partial charge in [0.05, 0.1) is 18.1 Å². The van der Waals surface area contributed by atoms with E-state index >= 15 is 0 Å². The summed E-state index contributed by atoms with van der Waals surface area (Å²) in [5, 5.41) is 2.79. The molecular weight excluding hydrogens is 252 g/mol. The lowest BCUT2D eigenvalue weighted by atomic mass is 10.2. The molecular formula is C15H16N4O. The lowest BCUT2D eigenvalue weighted by Crippen LogP contribution is -2.20. The third-order valence-corrected chi connectivity index (χ3v) is 3.32. The van der Waals surface area contributed by atoms with Crippen molar-refractivity contribution in [2.45, 2.75) is 12.8 Å². The fraction of sp³-hybridized carbons (Fsp3) is 0.267. The molecule has 0 radical (unpaired) electrons. The third-order valence-electron chi connectivity index (χ3n) is 3.32. The van der Waals surface area contributed by atoms with Crippen LogP contribution >= 0.6 is 0 Å². The van der Waals surface area contributed by atoms with Crippen LogP contribution in [0.25, 0.3) is 0 Å². The molecule has 5 nitrogen and oxygen atoms in total. The van der Waals surface area contributed by atoms with E-state index < -0.39 is 0 Å². The second kappa shape index (κ2) is 5.69. The van der Waals surface area contributed by atoms with Gasteiger partial charge in [0.15, 0.2) is 0 Å². The number of hydrogen-bond donors (Lipinski definition) is 1. The molecule has 0 aliphatic carbocycles. The van der Waals surface area contributed by atoms with Gasteiger partial charge >= 0.3 is 0 Å². The number of nitrogens with zero attached hydrogens (tertiary/aromatic N) is 3. The topological polar surface area (TPSA) is 58.1 Å². The Morgan fingerprint density at radius 3 is 2.35 bits per heavy atom. The van der Waals surface area contributed by atoms with Crippen molar-refractivity contribution < 1.29 is 4.79 Å². The van der Waals surface area contributed by atoms with Crippen LogP contribution in [0.4, 0.5) is 11.6 Å². The molecule has 1 amide bonds. The van der Waals surface area contributed by atoms with Crippen molar-refractivity contribution in [3.05, 3.63) is 48.3 Å². The molecule has 1 aliphatic heterocycles. The minimum atomic E-state index is -0.150. The summed E-state index contributed by atoms with van der Waals surface area (Å²) in [4.78, 5) is 22.7. The van der Waals surface area contributed by atoms with Gasteiger partial charge in [-0.05, 0) is 25.0 Å². The van der Waals surface area contributed by atoms with Crippen LogP contribution in [0.5, 0.6) is 0 Å². The summed E-state index contributed by atoms with van der Waals surface area (Å²) >= 11 is 0. The van der Waals surface area contributed by atoms with Crippen LogP contribution in [0.1, 0.15) is 23.2 Å². The second-order valence-electron chi connectivity index (χ2n) is 4.79. The van der Waals surface area contributed by atoms with Crippen molar-refractivity contribution in [3.63, 3.8) is 0 Å². The van der Waals surface area contributed by atoms with Gasteiger partial charge in [-0.1, -0.05) is 18.2 Å². The number of rotatable bonds is 3. The van der Waals surface area contributed by atoms with E-state index in [9.17, 15) is 4.79 Å². The molecule has 1 aromatic heterocycles. The van der Waals surface area contributed by atoms with Gasteiger partial charge in [0.1, 0.15) is 0 Å². The first-order valence-electron chi connectivity index (χ1n) is 6.76.